The number of aromatic nitrogens is 2. The molecule has 1 heterocycles. The fourth-order valence-corrected chi connectivity index (χ4v) is 4.49. The molecule has 160 valence electrons. The number of halogens is 3. The van der Waals surface area contributed by atoms with Gasteiger partial charge in [-0.2, -0.15) is 18.3 Å². The van der Waals surface area contributed by atoms with Gasteiger partial charge in [0.1, 0.15) is 4.90 Å². The largest absolute Gasteiger partial charge is 0.418 e. The third-order valence-corrected chi connectivity index (χ3v) is 5.64. The van der Waals surface area contributed by atoms with Crippen molar-refractivity contribution in [2.75, 3.05) is 10.0 Å². The minimum Gasteiger partial charge on any atom is -0.326 e. The Morgan fingerprint density at radius 3 is 2.17 bits per heavy atom. The summed E-state index contributed by atoms with van der Waals surface area (Å²) < 4.78 is 69.9. The summed E-state index contributed by atoms with van der Waals surface area (Å²) in [4.78, 5) is 10.9. The SMILES string of the molecule is CC(=O)Nc1ccc(NS(=O)(=O)c2c(C)nn(C(C)(C)C)c2C)c(C(F)(F)F)c1. The van der Waals surface area contributed by atoms with Crippen molar-refractivity contribution in [3.63, 3.8) is 0 Å². The van der Waals surface area contributed by atoms with Gasteiger partial charge in [0, 0.05) is 12.6 Å². The summed E-state index contributed by atoms with van der Waals surface area (Å²) in [5.41, 5.74) is -1.99. The van der Waals surface area contributed by atoms with Gasteiger partial charge in [-0.15, -0.1) is 0 Å². The highest BCUT2D eigenvalue weighted by molar-refractivity contribution is 7.92. The molecule has 0 unspecified atom stereocenters. The summed E-state index contributed by atoms with van der Waals surface area (Å²) in [6.45, 7) is 9.68. The Labute approximate surface area is 167 Å². The van der Waals surface area contributed by atoms with Gasteiger partial charge in [-0.3, -0.25) is 14.2 Å². The molecule has 1 aromatic carbocycles. The van der Waals surface area contributed by atoms with Gasteiger partial charge in [-0.1, -0.05) is 0 Å². The summed E-state index contributed by atoms with van der Waals surface area (Å²) >= 11 is 0. The van der Waals surface area contributed by atoms with Crippen LogP contribution in [0.5, 0.6) is 0 Å². The molecule has 1 aromatic heterocycles. The maximum absolute atomic E-state index is 13.5. The molecule has 0 aliphatic heterocycles. The topological polar surface area (TPSA) is 93.1 Å². The number of nitrogens with one attached hydrogen (secondary N) is 2. The molecule has 0 spiro atoms. The zero-order chi connectivity index (χ0) is 22.4. The Balaban J connectivity index is 2.56. The fourth-order valence-electron chi connectivity index (χ4n) is 3.02. The van der Waals surface area contributed by atoms with Crippen LogP contribution in [0.25, 0.3) is 0 Å². The number of hydrogen-bond acceptors (Lipinski definition) is 4. The van der Waals surface area contributed by atoms with Crippen LogP contribution in [0.15, 0.2) is 23.1 Å². The molecular weight excluding hydrogens is 409 g/mol. The third-order valence-electron chi connectivity index (χ3n) is 4.02. The highest BCUT2D eigenvalue weighted by Gasteiger charge is 2.36. The number of aryl methyl sites for hydroxylation is 1. The van der Waals surface area contributed by atoms with Crippen molar-refractivity contribution < 1.29 is 26.4 Å². The molecule has 29 heavy (non-hydrogen) atoms. The lowest BCUT2D eigenvalue weighted by atomic mass is 10.1. The number of amides is 1. The summed E-state index contributed by atoms with van der Waals surface area (Å²) in [6.07, 6.45) is -4.84. The van der Waals surface area contributed by atoms with Crippen LogP contribution >= 0.6 is 0 Å². The van der Waals surface area contributed by atoms with E-state index in [1.165, 1.54) is 17.7 Å². The van der Waals surface area contributed by atoms with E-state index in [2.05, 4.69) is 10.4 Å². The molecule has 0 fully saturated rings. The average Bonchev–Trinajstić information content (AvgIpc) is 2.82. The number of sulfonamides is 1. The lowest BCUT2D eigenvalue weighted by molar-refractivity contribution is -0.136. The Kier molecular flexibility index (Phi) is 5.77. The first-order valence-electron chi connectivity index (χ1n) is 8.62. The zero-order valence-electron chi connectivity index (χ0n) is 16.9. The molecular formula is C18H23F3N4O3S. The second-order valence-electron chi connectivity index (χ2n) is 7.63. The standard InChI is InChI=1S/C18H23F3N4O3S/c1-10-16(11(2)25(23-10)17(4,5)6)29(27,28)24-15-8-7-13(22-12(3)26)9-14(15)18(19,20)21/h7-9,24H,1-6H3,(H,22,26). The van der Waals surface area contributed by atoms with Crippen LogP contribution < -0.4 is 10.0 Å². The number of alkyl halides is 3. The molecule has 11 heteroatoms. The molecule has 1 amide bonds. The van der Waals surface area contributed by atoms with E-state index < -0.39 is 38.9 Å². The molecule has 0 saturated heterocycles. The van der Waals surface area contributed by atoms with Crippen LogP contribution in [0.1, 0.15) is 44.6 Å². The van der Waals surface area contributed by atoms with E-state index in [4.69, 9.17) is 0 Å². The van der Waals surface area contributed by atoms with E-state index >= 15 is 0 Å². The van der Waals surface area contributed by atoms with Gasteiger partial charge >= 0.3 is 6.18 Å². The summed E-state index contributed by atoms with van der Waals surface area (Å²) in [7, 11) is -4.35. The number of benzene rings is 1. The Hall–Kier alpha value is -2.56. The Morgan fingerprint density at radius 2 is 1.72 bits per heavy atom. The van der Waals surface area contributed by atoms with Crippen molar-refractivity contribution in [1.82, 2.24) is 9.78 Å². The molecule has 2 rings (SSSR count). The van der Waals surface area contributed by atoms with E-state index in [1.54, 1.807) is 6.92 Å². The Bertz CT molecular complexity index is 1050. The molecule has 0 atom stereocenters. The van der Waals surface area contributed by atoms with Crippen molar-refractivity contribution >= 4 is 27.3 Å². The molecule has 2 N–H and O–H groups in total. The van der Waals surface area contributed by atoms with Gasteiger partial charge in [0.25, 0.3) is 10.0 Å². The minimum absolute atomic E-state index is 0.0966. The second-order valence-corrected chi connectivity index (χ2v) is 9.25. The van der Waals surface area contributed by atoms with Crippen LogP contribution in [-0.4, -0.2) is 24.1 Å². The van der Waals surface area contributed by atoms with Gasteiger partial charge in [0.15, 0.2) is 0 Å². The monoisotopic (exact) mass is 432 g/mol. The predicted octanol–water partition coefficient (Wildman–Crippen LogP) is 4.03. The first-order valence-corrected chi connectivity index (χ1v) is 10.1. The number of carbonyl (C=O) groups is 1. The number of anilines is 2. The first kappa shape index (κ1) is 22.7. The van der Waals surface area contributed by atoms with E-state index in [1.807, 2.05) is 25.5 Å². The van der Waals surface area contributed by atoms with Gasteiger partial charge in [0.05, 0.1) is 28.2 Å². The number of rotatable bonds is 4. The maximum Gasteiger partial charge on any atom is 0.418 e. The lowest BCUT2D eigenvalue weighted by Crippen LogP contribution is -2.25. The molecule has 0 aliphatic carbocycles. The van der Waals surface area contributed by atoms with Gasteiger partial charge in [-0.05, 0) is 52.8 Å². The lowest BCUT2D eigenvalue weighted by Gasteiger charge is -2.21. The van der Waals surface area contributed by atoms with Gasteiger partial charge in [-0.25, -0.2) is 8.42 Å². The number of nitrogens with zero attached hydrogens (tertiary/aromatic N) is 2. The smallest absolute Gasteiger partial charge is 0.326 e. The number of carbonyl (C=O) groups excluding carboxylic acids is 1. The molecule has 0 aliphatic rings. The van der Waals surface area contributed by atoms with Crippen LogP contribution in [0, 0.1) is 13.8 Å². The van der Waals surface area contributed by atoms with Crippen molar-refractivity contribution in [2.45, 2.75) is 58.2 Å². The van der Waals surface area contributed by atoms with Gasteiger partial charge < -0.3 is 5.32 Å². The van der Waals surface area contributed by atoms with Crippen LogP contribution in [0.3, 0.4) is 0 Å². The van der Waals surface area contributed by atoms with Gasteiger partial charge in [0.2, 0.25) is 5.91 Å². The maximum atomic E-state index is 13.5. The van der Waals surface area contributed by atoms with E-state index in [-0.39, 0.29) is 16.3 Å². The summed E-state index contributed by atoms with van der Waals surface area (Å²) in [5.74, 6) is -0.549. The highest BCUT2D eigenvalue weighted by Crippen LogP contribution is 2.38. The van der Waals surface area contributed by atoms with Crippen LogP contribution in [-0.2, 0) is 26.5 Å². The molecule has 0 radical (unpaired) electrons. The fraction of sp³-hybridized carbons (Fsp3) is 0.444. The normalized spacial score (nSPS) is 12.7. The van der Waals surface area contributed by atoms with Crippen molar-refractivity contribution in [3.05, 3.63) is 35.2 Å². The van der Waals surface area contributed by atoms with Crippen LogP contribution in [0.2, 0.25) is 0 Å². The van der Waals surface area contributed by atoms with E-state index in [0.717, 1.165) is 13.0 Å². The third kappa shape index (κ3) is 4.89. The zero-order valence-corrected chi connectivity index (χ0v) is 17.7. The van der Waals surface area contributed by atoms with Crippen molar-refractivity contribution in [3.8, 4) is 0 Å². The van der Waals surface area contributed by atoms with E-state index in [0.29, 0.717) is 11.8 Å². The second kappa shape index (κ2) is 7.36. The summed E-state index contributed by atoms with van der Waals surface area (Å²) in [6, 6.07) is 2.83. The van der Waals surface area contributed by atoms with Crippen LogP contribution in [0.4, 0.5) is 24.5 Å². The molecule has 0 bridgehead atoms. The van der Waals surface area contributed by atoms with E-state index in [9.17, 15) is 26.4 Å². The quantitative estimate of drug-likeness (QED) is 0.763. The molecule has 0 saturated carbocycles. The molecule has 2 aromatic rings. The highest BCUT2D eigenvalue weighted by atomic mass is 32.2. The summed E-state index contributed by atoms with van der Waals surface area (Å²) in [5, 5.41) is 6.48. The average molecular weight is 432 g/mol. The number of hydrogen-bond donors (Lipinski definition) is 2. The van der Waals surface area contributed by atoms with Crippen molar-refractivity contribution in [1.29, 1.82) is 0 Å². The minimum atomic E-state index is -4.84. The van der Waals surface area contributed by atoms with Crippen molar-refractivity contribution in [2.24, 2.45) is 0 Å². The molecule has 7 nitrogen and oxygen atoms in total. The first-order chi connectivity index (χ1) is 13.0. The predicted molar refractivity (Wildman–Crippen MR) is 103 cm³/mol. The Morgan fingerprint density at radius 1 is 1.14 bits per heavy atom.